The number of hydrogen-bond acceptors (Lipinski definition) is 2. The molecular weight excluding hydrogens is 329 g/mol. The van der Waals surface area contributed by atoms with Gasteiger partial charge in [-0.25, -0.2) is 4.39 Å². The number of hydrogen-bond donors (Lipinski definition) is 1. The third-order valence-corrected chi connectivity index (χ3v) is 4.47. The molecule has 1 aromatic carbocycles. The van der Waals surface area contributed by atoms with E-state index in [9.17, 15) is 9.18 Å². The molecule has 1 fully saturated rings. The van der Waals surface area contributed by atoms with E-state index in [0.29, 0.717) is 22.2 Å². The Hall–Kier alpha value is -1.88. The van der Waals surface area contributed by atoms with E-state index in [1.54, 1.807) is 23.1 Å². The predicted octanol–water partition coefficient (Wildman–Crippen LogP) is 4.21. The van der Waals surface area contributed by atoms with E-state index < -0.39 is 0 Å². The summed E-state index contributed by atoms with van der Waals surface area (Å²) in [5, 5.41) is 7.41. The summed E-state index contributed by atoms with van der Waals surface area (Å²) in [6.45, 7) is 4.39. The highest BCUT2D eigenvalue weighted by Gasteiger charge is 2.35. The molecule has 2 aromatic rings. The van der Waals surface area contributed by atoms with Crippen LogP contribution in [0.3, 0.4) is 0 Å². The van der Waals surface area contributed by atoms with Crippen LogP contribution in [0.5, 0.6) is 0 Å². The van der Waals surface area contributed by atoms with Crippen LogP contribution in [0.25, 0.3) is 0 Å². The Kier molecular flexibility index (Phi) is 4.90. The van der Waals surface area contributed by atoms with Gasteiger partial charge in [0.25, 0.3) is 5.91 Å². The lowest BCUT2D eigenvalue weighted by Gasteiger charge is -2.22. The lowest BCUT2D eigenvalue weighted by Crippen LogP contribution is -2.33. The van der Waals surface area contributed by atoms with Crippen molar-refractivity contribution in [3.63, 3.8) is 0 Å². The maximum absolute atomic E-state index is 14.1. The summed E-state index contributed by atoms with van der Waals surface area (Å²) >= 11 is 6.11. The van der Waals surface area contributed by atoms with Crippen molar-refractivity contribution in [1.29, 1.82) is 0 Å². The van der Waals surface area contributed by atoms with E-state index in [1.807, 2.05) is 0 Å². The lowest BCUT2D eigenvalue weighted by molar-refractivity contribution is 0.0722. The number of carbonyl (C=O) groups is 1. The molecule has 1 aliphatic carbocycles. The van der Waals surface area contributed by atoms with Crippen molar-refractivity contribution in [2.75, 3.05) is 0 Å². The van der Waals surface area contributed by atoms with Crippen LogP contribution in [0.4, 0.5) is 4.39 Å². The minimum Gasteiger partial charge on any atom is -0.330 e. The predicted molar refractivity (Wildman–Crippen MR) is 91.4 cm³/mol. The van der Waals surface area contributed by atoms with Crippen LogP contribution in [-0.4, -0.2) is 27.0 Å². The van der Waals surface area contributed by atoms with Crippen LogP contribution in [0.15, 0.2) is 24.3 Å². The van der Waals surface area contributed by atoms with Crippen molar-refractivity contribution in [3.8, 4) is 0 Å². The van der Waals surface area contributed by atoms with Gasteiger partial charge >= 0.3 is 0 Å². The molecule has 1 heterocycles. The Morgan fingerprint density at radius 2 is 2.21 bits per heavy atom. The molecule has 3 rings (SSSR count). The van der Waals surface area contributed by atoms with Crippen LogP contribution in [-0.2, 0) is 13.0 Å². The molecule has 0 bridgehead atoms. The zero-order valence-corrected chi connectivity index (χ0v) is 14.6. The number of amides is 1. The largest absolute Gasteiger partial charge is 0.330 e. The first-order chi connectivity index (χ1) is 11.5. The van der Waals surface area contributed by atoms with E-state index in [0.717, 1.165) is 25.0 Å². The molecule has 1 aromatic heterocycles. The number of carbonyl (C=O) groups excluding carboxylic acids is 1. The molecule has 1 N–H and O–H groups in total. The maximum Gasteiger partial charge on any atom is 0.274 e. The van der Waals surface area contributed by atoms with E-state index >= 15 is 0 Å². The highest BCUT2D eigenvalue weighted by Crippen LogP contribution is 2.31. The quantitative estimate of drug-likeness (QED) is 0.849. The summed E-state index contributed by atoms with van der Waals surface area (Å²) in [4.78, 5) is 14.5. The van der Waals surface area contributed by atoms with Gasteiger partial charge in [0.15, 0.2) is 0 Å². The number of halogens is 2. The lowest BCUT2D eigenvalue weighted by atomic mass is 10.1. The fourth-order valence-electron chi connectivity index (χ4n) is 2.77. The number of nitrogens with one attached hydrogen (secondary N) is 1. The monoisotopic (exact) mass is 349 g/mol. The van der Waals surface area contributed by atoms with Gasteiger partial charge in [0.1, 0.15) is 11.5 Å². The third kappa shape index (κ3) is 3.78. The summed E-state index contributed by atoms with van der Waals surface area (Å²) in [7, 11) is 0. The Labute approximate surface area is 146 Å². The third-order valence-electron chi connectivity index (χ3n) is 4.12. The van der Waals surface area contributed by atoms with Gasteiger partial charge < -0.3 is 4.90 Å². The van der Waals surface area contributed by atoms with E-state index in [1.165, 1.54) is 6.07 Å². The number of aromatic amines is 1. The molecule has 0 saturated heterocycles. The van der Waals surface area contributed by atoms with E-state index in [2.05, 4.69) is 24.0 Å². The number of nitrogens with zero attached hydrogens (tertiary/aromatic N) is 2. The molecule has 4 nitrogen and oxygen atoms in total. The van der Waals surface area contributed by atoms with Crippen LogP contribution in [0, 0.1) is 11.7 Å². The fraction of sp³-hybridized carbons (Fsp3) is 0.444. The van der Waals surface area contributed by atoms with Gasteiger partial charge in [0.2, 0.25) is 0 Å². The number of rotatable bonds is 6. The second-order valence-corrected chi connectivity index (χ2v) is 7.15. The normalized spacial score (nSPS) is 14.2. The second kappa shape index (κ2) is 6.93. The summed E-state index contributed by atoms with van der Waals surface area (Å²) in [5.41, 5.74) is 1.68. The molecule has 6 heteroatoms. The molecule has 0 radical (unpaired) electrons. The van der Waals surface area contributed by atoms with E-state index in [4.69, 9.17) is 11.6 Å². The first kappa shape index (κ1) is 17.0. The number of aromatic nitrogens is 2. The molecule has 0 spiro atoms. The topological polar surface area (TPSA) is 49.0 Å². The molecule has 128 valence electrons. The summed E-state index contributed by atoms with van der Waals surface area (Å²) in [6, 6.07) is 6.51. The summed E-state index contributed by atoms with van der Waals surface area (Å²) < 4.78 is 14.1. The van der Waals surface area contributed by atoms with Crippen LogP contribution < -0.4 is 0 Å². The maximum atomic E-state index is 14.1. The minimum absolute atomic E-state index is 0.137. The molecule has 1 amide bonds. The van der Waals surface area contributed by atoms with Gasteiger partial charge in [-0.1, -0.05) is 31.5 Å². The highest BCUT2D eigenvalue weighted by molar-refractivity contribution is 6.31. The minimum atomic E-state index is -0.386. The Bertz CT molecular complexity index is 719. The van der Waals surface area contributed by atoms with Gasteiger partial charge in [0.05, 0.1) is 6.54 Å². The average Bonchev–Trinajstić information content (AvgIpc) is 3.25. The summed E-state index contributed by atoms with van der Waals surface area (Å²) in [5.74, 6) is -0.0864. The van der Waals surface area contributed by atoms with Crippen molar-refractivity contribution in [2.24, 2.45) is 5.92 Å². The van der Waals surface area contributed by atoms with Crippen molar-refractivity contribution in [1.82, 2.24) is 15.1 Å². The number of benzene rings is 1. The standard InChI is InChI=1S/C18H21ClFN3O/c1-11(2)8-12-9-17(22-21-12)18(24)23(13-6-7-13)10-14-15(19)4-3-5-16(14)20/h3-5,9,11,13H,6-8,10H2,1-2H3,(H,21,22). The van der Waals surface area contributed by atoms with Gasteiger partial charge in [-0.3, -0.25) is 9.89 Å². The second-order valence-electron chi connectivity index (χ2n) is 6.74. The molecule has 1 saturated carbocycles. The van der Waals surface area contributed by atoms with Gasteiger partial charge in [0, 0.05) is 22.3 Å². The molecule has 0 atom stereocenters. The van der Waals surface area contributed by atoms with Crippen LogP contribution in [0.1, 0.15) is 48.4 Å². The number of H-pyrrole nitrogens is 1. The summed E-state index contributed by atoms with van der Waals surface area (Å²) in [6.07, 6.45) is 2.70. The van der Waals surface area contributed by atoms with Crippen LogP contribution >= 0.6 is 11.6 Å². The molecule has 24 heavy (non-hydrogen) atoms. The molecular formula is C18H21ClFN3O. The zero-order valence-electron chi connectivity index (χ0n) is 13.9. The Balaban J connectivity index is 1.81. The van der Waals surface area contributed by atoms with Crippen molar-refractivity contribution in [2.45, 2.75) is 45.7 Å². The first-order valence-electron chi connectivity index (χ1n) is 8.24. The SMILES string of the molecule is CC(C)Cc1cc(C(=O)N(Cc2c(F)cccc2Cl)C2CC2)n[nH]1. The average molecular weight is 350 g/mol. The van der Waals surface area contributed by atoms with Crippen molar-refractivity contribution < 1.29 is 9.18 Å². The fourth-order valence-corrected chi connectivity index (χ4v) is 2.99. The van der Waals surface area contributed by atoms with Crippen LogP contribution in [0.2, 0.25) is 5.02 Å². The Morgan fingerprint density at radius 3 is 2.83 bits per heavy atom. The van der Waals surface area contributed by atoms with Gasteiger partial charge in [-0.2, -0.15) is 5.10 Å². The Morgan fingerprint density at radius 1 is 1.46 bits per heavy atom. The molecule has 0 unspecified atom stereocenters. The highest BCUT2D eigenvalue weighted by atomic mass is 35.5. The van der Waals surface area contributed by atoms with E-state index in [-0.39, 0.29) is 24.3 Å². The zero-order chi connectivity index (χ0) is 17.3. The van der Waals surface area contributed by atoms with Gasteiger partial charge in [-0.15, -0.1) is 0 Å². The molecule has 1 aliphatic rings. The van der Waals surface area contributed by atoms with Crippen molar-refractivity contribution >= 4 is 17.5 Å². The van der Waals surface area contributed by atoms with Gasteiger partial charge in [-0.05, 0) is 43.4 Å². The molecule has 0 aliphatic heterocycles. The smallest absolute Gasteiger partial charge is 0.274 e. The first-order valence-corrected chi connectivity index (χ1v) is 8.61. The van der Waals surface area contributed by atoms with Crippen molar-refractivity contribution in [3.05, 3.63) is 52.1 Å².